The van der Waals surface area contributed by atoms with Gasteiger partial charge in [0.15, 0.2) is 5.75 Å². The second-order valence-electron chi connectivity index (χ2n) is 3.60. The highest BCUT2D eigenvalue weighted by Gasteiger charge is 2.17. The fourth-order valence-corrected chi connectivity index (χ4v) is 1.61. The lowest BCUT2D eigenvalue weighted by molar-refractivity contribution is 0.0687. The molecule has 0 radical (unpaired) electrons. The summed E-state index contributed by atoms with van der Waals surface area (Å²) in [6.45, 7) is 1.94. The maximum atomic E-state index is 10.8. The summed E-state index contributed by atoms with van der Waals surface area (Å²) in [4.78, 5) is 10.8. The molecule has 2 N–H and O–H groups in total. The molecule has 17 heavy (non-hydrogen) atoms. The Labute approximate surface area is 96.9 Å². The van der Waals surface area contributed by atoms with Crippen molar-refractivity contribution in [3.63, 3.8) is 0 Å². The molecule has 0 saturated carbocycles. The van der Waals surface area contributed by atoms with Crippen molar-refractivity contribution in [2.45, 2.75) is 13.3 Å². The second kappa shape index (κ2) is 3.93. The van der Waals surface area contributed by atoms with Crippen LogP contribution in [0.1, 0.15) is 23.1 Å². The van der Waals surface area contributed by atoms with Crippen molar-refractivity contribution >= 4 is 5.97 Å². The van der Waals surface area contributed by atoms with Gasteiger partial charge in [-0.25, -0.2) is 9.48 Å². The number of aromatic nitrogens is 4. The molecule has 0 aliphatic carbocycles. The van der Waals surface area contributed by atoms with E-state index in [-0.39, 0.29) is 11.4 Å². The highest BCUT2D eigenvalue weighted by Crippen LogP contribution is 2.20. The first-order valence-corrected chi connectivity index (χ1v) is 5.07. The summed E-state index contributed by atoms with van der Waals surface area (Å²) in [5.74, 6) is -1.62. The van der Waals surface area contributed by atoms with Crippen LogP contribution in [-0.2, 0) is 13.5 Å². The average molecular weight is 236 g/mol. The van der Waals surface area contributed by atoms with Gasteiger partial charge in [0.25, 0.3) is 0 Å². The quantitative estimate of drug-likeness (QED) is 0.812. The highest BCUT2D eigenvalue weighted by molar-refractivity contribution is 5.88. The van der Waals surface area contributed by atoms with Crippen LogP contribution in [0.15, 0.2) is 12.4 Å². The minimum Gasteiger partial charge on any atom is -0.504 e. The first kappa shape index (κ1) is 11.2. The Morgan fingerprint density at radius 3 is 2.65 bits per heavy atom. The number of aryl methyl sites for hydroxylation is 2. The van der Waals surface area contributed by atoms with E-state index in [1.807, 2.05) is 6.92 Å². The average Bonchev–Trinajstić information content (AvgIpc) is 2.81. The van der Waals surface area contributed by atoms with Crippen LogP contribution in [-0.4, -0.2) is 35.7 Å². The van der Waals surface area contributed by atoms with Gasteiger partial charge < -0.3 is 10.2 Å². The third-order valence-corrected chi connectivity index (χ3v) is 2.36. The molecule has 0 aliphatic heterocycles. The van der Waals surface area contributed by atoms with Crippen LogP contribution in [0.5, 0.6) is 5.75 Å². The van der Waals surface area contributed by atoms with Crippen LogP contribution in [0.25, 0.3) is 5.69 Å². The third kappa shape index (κ3) is 1.86. The van der Waals surface area contributed by atoms with Gasteiger partial charge in [0.2, 0.25) is 5.69 Å². The normalized spacial score (nSPS) is 10.7. The van der Waals surface area contributed by atoms with Crippen molar-refractivity contribution < 1.29 is 15.0 Å². The zero-order valence-corrected chi connectivity index (χ0v) is 9.45. The summed E-state index contributed by atoms with van der Waals surface area (Å²) in [5, 5.41) is 26.3. The number of aromatic hydroxyl groups is 1. The molecule has 90 valence electrons. The third-order valence-electron chi connectivity index (χ3n) is 2.36. The van der Waals surface area contributed by atoms with E-state index in [0.717, 1.165) is 5.69 Å². The minimum atomic E-state index is -1.26. The van der Waals surface area contributed by atoms with Gasteiger partial charge in [-0.3, -0.25) is 4.68 Å². The van der Waals surface area contributed by atoms with Crippen LogP contribution in [0.4, 0.5) is 0 Å². The van der Waals surface area contributed by atoms with Gasteiger partial charge >= 0.3 is 5.97 Å². The molecule has 0 fully saturated rings. The molecular weight excluding hydrogens is 224 g/mol. The standard InChI is InChI=1S/C10H12N4O3/c1-3-6-7(4-13(2)11-6)14-5-8(15)9(12-14)10(16)17/h4-5,15H,3H2,1-2H3,(H,16,17). The monoisotopic (exact) mass is 236 g/mol. The molecule has 7 nitrogen and oxygen atoms in total. The van der Waals surface area contributed by atoms with Crippen molar-refractivity contribution in [1.29, 1.82) is 0 Å². The fraction of sp³-hybridized carbons (Fsp3) is 0.300. The van der Waals surface area contributed by atoms with E-state index in [2.05, 4.69) is 10.2 Å². The van der Waals surface area contributed by atoms with Gasteiger partial charge in [0, 0.05) is 7.05 Å². The van der Waals surface area contributed by atoms with E-state index >= 15 is 0 Å². The lowest BCUT2D eigenvalue weighted by Gasteiger charge is -1.97. The second-order valence-corrected chi connectivity index (χ2v) is 3.60. The highest BCUT2D eigenvalue weighted by atomic mass is 16.4. The lowest BCUT2D eigenvalue weighted by atomic mass is 10.3. The minimum absolute atomic E-state index is 0.358. The van der Waals surface area contributed by atoms with Gasteiger partial charge in [-0.05, 0) is 6.42 Å². The number of carbonyl (C=O) groups is 1. The number of aromatic carboxylic acids is 1. The number of carboxylic acid groups (broad SMARTS) is 1. The molecule has 0 aromatic carbocycles. The zero-order chi connectivity index (χ0) is 12.6. The SMILES string of the molecule is CCc1nn(C)cc1-n1cc(O)c(C(=O)O)n1. The fourth-order valence-electron chi connectivity index (χ4n) is 1.61. The molecule has 2 rings (SSSR count). The molecule has 0 unspecified atom stereocenters. The van der Waals surface area contributed by atoms with Crippen LogP contribution in [0.3, 0.4) is 0 Å². The van der Waals surface area contributed by atoms with Gasteiger partial charge in [-0.15, -0.1) is 0 Å². The Balaban J connectivity index is 2.53. The van der Waals surface area contributed by atoms with Crippen LogP contribution in [0.2, 0.25) is 0 Å². The number of hydrogen-bond acceptors (Lipinski definition) is 4. The first-order valence-electron chi connectivity index (χ1n) is 5.07. The molecule has 2 aromatic heterocycles. The molecule has 2 aromatic rings. The van der Waals surface area contributed by atoms with Crippen molar-refractivity contribution in [1.82, 2.24) is 19.6 Å². The largest absolute Gasteiger partial charge is 0.504 e. The van der Waals surface area contributed by atoms with E-state index < -0.39 is 5.97 Å². The summed E-state index contributed by atoms with van der Waals surface area (Å²) < 4.78 is 2.94. The smallest absolute Gasteiger partial charge is 0.360 e. The maximum Gasteiger partial charge on any atom is 0.360 e. The van der Waals surface area contributed by atoms with Gasteiger partial charge in [-0.1, -0.05) is 6.92 Å². The number of rotatable bonds is 3. The molecular formula is C10H12N4O3. The molecule has 0 aliphatic rings. The molecule has 0 spiro atoms. The maximum absolute atomic E-state index is 10.8. The number of carboxylic acids is 1. The topological polar surface area (TPSA) is 93.2 Å². The molecule has 0 amide bonds. The van der Waals surface area contributed by atoms with E-state index in [1.165, 1.54) is 10.9 Å². The van der Waals surface area contributed by atoms with Gasteiger partial charge in [0.1, 0.15) is 5.69 Å². The van der Waals surface area contributed by atoms with Crippen molar-refractivity contribution in [3.8, 4) is 11.4 Å². The van der Waals surface area contributed by atoms with E-state index in [4.69, 9.17) is 5.11 Å². The molecule has 0 bridgehead atoms. The lowest BCUT2D eigenvalue weighted by Crippen LogP contribution is -2.02. The number of hydrogen-bond donors (Lipinski definition) is 2. The van der Waals surface area contributed by atoms with E-state index in [9.17, 15) is 9.90 Å². The first-order chi connectivity index (χ1) is 8.02. The molecule has 0 saturated heterocycles. The van der Waals surface area contributed by atoms with E-state index in [1.54, 1.807) is 17.9 Å². The summed E-state index contributed by atoms with van der Waals surface area (Å²) in [7, 11) is 1.77. The predicted octanol–water partition coefficient (Wildman–Crippen LogP) is 0.572. The van der Waals surface area contributed by atoms with E-state index in [0.29, 0.717) is 12.1 Å². The Morgan fingerprint density at radius 2 is 2.12 bits per heavy atom. The Morgan fingerprint density at radius 1 is 1.41 bits per heavy atom. The summed E-state index contributed by atoms with van der Waals surface area (Å²) in [5.41, 5.74) is 1.08. The van der Waals surface area contributed by atoms with Gasteiger partial charge in [-0.2, -0.15) is 10.2 Å². The Hall–Kier alpha value is -2.31. The summed E-state index contributed by atoms with van der Waals surface area (Å²) in [6.07, 6.45) is 3.68. The molecule has 0 atom stereocenters. The van der Waals surface area contributed by atoms with Crippen molar-refractivity contribution in [3.05, 3.63) is 23.8 Å². The zero-order valence-electron chi connectivity index (χ0n) is 9.45. The Bertz CT molecular complexity index is 570. The number of nitrogens with zero attached hydrogens (tertiary/aromatic N) is 4. The van der Waals surface area contributed by atoms with Crippen LogP contribution in [0, 0.1) is 0 Å². The van der Waals surface area contributed by atoms with Gasteiger partial charge in [0.05, 0.1) is 18.1 Å². The van der Waals surface area contributed by atoms with Crippen molar-refractivity contribution in [2.24, 2.45) is 7.05 Å². The van der Waals surface area contributed by atoms with Crippen molar-refractivity contribution in [2.75, 3.05) is 0 Å². The summed E-state index contributed by atoms with van der Waals surface area (Å²) in [6, 6.07) is 0. The molecule has 7 heteroatoms. The van der Waals surface area contributed by atoms with Crippen LogP contribution >= 0.6 is 0 Å². The molecule has 2 heterocycles. The summed E-state index contributed by atoms with van der Waals surface area (Å²) >= 11 is 0. The van der Waals surface area contributed by atoms with Crippen LogP contribution < -0.4 is 0 Å². The predicted molar refractivity (Wildman–Crippen MR) is 58.3 cm³/mol. The Kier molecular flexibility index (Phi) is 2.58.